The summed E-state index contributed by atoms with van der Waals surface area (Å²) < 4.78 is 20.3. The van der Waals surface area contributed by atoms with Crippen LogP contribution < -0.4 is 10.2 Å². The van der Waals surface area contributed by atoms with Crippen LogP contribution in [0.2, 0.25) is 0 Å². The average molecular weight is 459 g/mol. The number of morpholine rings is 1. The summed E-state index contributed by atoms with van der Waals surface area (Å²) in [6.07, 6.45) is 3.24. The Morgan fingerprint density at radius 2 is 1.82 bits per heavy atom. The molecule has 1 amide bonds. The van der Waals surface area contributed by atoms with E-state index >= 15 is 0 Å². The molecule has 0 radical (unpaired) electrons. The van der Waals surface area contributed by atoms with E-state index in [1.54, 1.807) is 25.3 Å². The molecule has 4 rings (SSSR count). The Morgan fingerprint density at radius 1 is 1.06 bits per heavy atom. The number of nitrogens with one attached hydrogen (secondary N) is 1. The topological polar surface area (TPSA) is 67.4 Å². The maximum Gasteiger partial charge on any atom is 0.257 e. The van der Waals surface area contributed by atoms with Crippen molar-refractivity contribution < 1.29 is 13.9 Å². The summed E-state index contributed by atoms with van der Waals surface area (Å²) >= 11 is 0. The van der Waals surface area contributed by atoms with Gasteiger partial charge in [0, 0.05) is 36.7 Å². The van der Waals surface area contributed by atoms with Crippen LogP contribution in [-0.4, -0.2) is 42.2 Å². The molecule has 3 aromatic rings. The van der Waals surface area contributed by atoms with Gasteiger partial charge in [0.1, 0.15) is 11.5 Å². The number of anilines is 2. The molecule has 0 atom stereocenters. The van der Waals surface area contributed by atoms with E-state index in [2.05, 4.69) is 32.0 Å². The second-order valence-corrected chi connectivity index (χ2v) is 8.29. The maximum atomic E-state index is 14.8. The van der Waals surface area contributed by atoms with Gasteiger partial charge in [0.15, 0.2) is 0 Å². The van der Waals surface area contributed by atoms with Crippen molar-refractivity contribution in [3.05, 3.63) is 70.6 Å². The minimum atomic E-state index is -0.499. The number of rotatable bonds is 4. The van der Waals surface area contributed by atoms with E-state index in [1.807, 2.05) is 26.8 Å². The van der Waals surface area contributed by atoms with Crippen molar-refractivity contribution in [3.8, 4) is 23.0 Å². The van der Waals surface area contributed by atoms with Crippen LogP contribution in [0.4, 0.5) is 15.8 Å². The number of aromatic nitrogens is 2. The number of aryl methyl sites for hydroxylation is 3. The lowest BCUT2D eigenvalue weighted by Crippen LogP contribution is -2.36. The highest BCUT2D eigenvalue weighted by molar-refractivity contribution is 6.04. The molecule has 2 aromatic heterocycles. The Kier molecular flexibility index (Phi) is 6.90. The number of hydrogen-bond donors (Lipinski definition) is 1. The summed E-state index contributed by atoms with van der Waals surface area (Å²) in [7, 11) is 0. The van der Waals surface area contributed by atoms with Crippen molar-refractivity contribution in [3.63, 3.8) is 0 Å². The van der Waals surface area contributed by atoms with Crippen molar-refractivity contribution in [2.75, 3.05) is 36.5 Å². The molecule has 0 spiro atoms. The highest BCUT2D eigenvalue weighted by Gasteiger charge is 2.18. The van der Waals surface area contributed by atoms with Gasteiger partial charge in [-0.3, -0.25) is 9.78 Å². The average Bonchev–Trinajstić information content (AvgIpc) is 2.83. The first-order chi connectivity index (χ1) is 16.4. The number of carbonyl (C=O) groups excluding carboxylic acids is 1. The first-order valence-electron chi connectivity index (χ1n) is 11.2. The van der Waals surface area contributed by atoms with Crippen LogP contribution in [0.1, 0.15) is 39.8 Å². The normalized spacial score (nSPS) is 13.3. The predicted molar refractivity (Wildman–Crippen MR) is 132 cm³/mol. The first kappa shape index (κ1) is 23.4. The number of carbonyl (C=O) groups is 1. The van der Waals surface area contributed by atoms with Crippen LogP contribution in [0.5, 0.6) is 0 Å². The largest absolute Gasteiger partial charge is 0.378 e. The van der Waals surface area contributed by atoms with Gasteiger partial charge in [0.25, 0.3) is 5.91 Å². The first-order valence-corrected chi connectivity index (χ1v) is 11.2. The molecular weight excluding hydrogens is 431 g/mol. The lowest BCUT2D eigenvalue weighted by atomic mass is 9.99. The van der Waals surface area contributed by atoms with E-state index < -0.39 is 11.7 Å². The monoisotopic (exact) mass is 458 g/mol. The van der Waals surface area contributed by atoms with Crippen molar-refractivity contribution in [1.29, 1.82) is 0 Å². The summed E-state index contributed by atoms with van der Waals surface area (Å²) in [6.45, 7) is 10.2. The quantitative estimate of drug-likeness (QED) is 0.576. The van der Waals surface area contributed by atoms with Gasteiger partial charge in [-0.15, -0.1) is 0 Å². The van der Waals surface area contributed by atoms with Crippen LogP contribution in [0.15, 0.2) is 36.7 Å². The highest BCUT2D eigenvalue weighted by Crippen LogP contribution is 2.32. The molecule has 1 aliphatic rings. The number of ether oxygens (including phenoxy) is 1. The Bertz CT molecular complexity index is 1300. The molecule has 34 heavy (non-hydrogen) atoms. The molecule has 1 saturated heterocycles. The number of pyridine rings is 2. The van der Waals surface area contributed by atoms with Gasteiger partial charge < -0.3 is 15.0 Å². The van der Waals surface area contributed by atoms with Crippen molar-refractivity contribution in [2.24, 2.45) is 0 Å². The van der Waals surface area contributed by atoms with E-state index in [1.165, 1.54) is 12.3 Å². The highest BCUT2D eigenvalue weighted by atomic mass is 19.1. The third kappa shape index (κ3) is 4.92. The molecule has 0 bridgehead atoms. The fourth-order valence-corrected chi connectivity index (χ4v) is 3.90. The maximum absolute atomic E-state index is 14.8. The summed E-state index contributed by atoms with van der Waals surface area (Å²) in [5.41, 5.74) is 6.20. The second kappa shape index (κ2) is 10.0. The molecule has 1 fully saturated rings. The molecule has 1 aliphatic heterocycles. The van der Waals surface area contributed by atoms with E-state index in [0.717, 1.165) is 46.7 Å². The van der Waals surface area contributed by atoms with Crippen molar-refractivity contribution in [2.45, 2.75) is 27.7 Å². The zero-order chi connectivity index (χ0) is 24.2. The van der Waals surface area contributed by atoms with Crippen molar-refractivity contribution >= 4 is 17.3 Å². The van der Waals surface area contributed by atoms with Gasteiger partial charge in [-0.05, 0) is 74.6 Å². The van der Waals surface area contributed by atoms with Crippen LogP contribution >= 0.6 is 0 Å². The van der Waals surface area contributed by atoms with Gasteiger partial charge in [-0.1, -0.05) is 5.92 Å². The Labute approximate surface area is 199 Å². The zero-order valence-corrected chi connectivity index (χ0v) is 19.8. The lowest BCUT2D eigenvalue weighted by molar-refractivity contribution is 0.102. The standard InChI is InChI=1S/C27H27FN4O2/c1-5-6-24-26(32-7-9-34-10-8-32)13-20(15-30-24)22-14-25(23(28)12-18(22)3)31-27(33)21-11-17(2)19(4)29-16-21/h11-16H,7-10H2,1-4H3,(H,31,33). The van der Waals surface area contributed by atoms with Gasteiger partial charge >= 0.3 is 0 Å². The van der Waals surface area contributed by atoms with E-state index in [4.69, 9.17) is 4.74 Å². The predicted octanol–water partition coefficient (Wildman–Crippen LogP) is 4.67. The molecule has 7 heteroatoms. The lowest BCUT2D eigenvalue weighted by Gasteiger charge is -2.29. The van der Waals surface area contributed by atoms with Crippen LogP contribution in [0, 0.1) is 38.4 Å². The number of hydrogen-bond acceptors (Lipinski definition) is 5. The summed E-state index contributed by atoms with van der Waals surface area (Å²) in [5.74, 6) is 5.09. The molecule has 174 valence electrons. The molecule has 6 nitrogen and oxygen atoms in total. The third-order valence-electron chi connectivity index (χ3n) is 5.94. The second-order valence-electron chi connectivity index (χ2n) is 8.29. The molecule has 0 aliphatic carbocycles. The zero-order valence-electron chi connectivity index (χ0n) is 19.8. The molecule has 1 aromatic carbocycles. The third-order valence-corrected chi connectivity index (χ3v) is 5.94. The van der Waals surface area contributed by atoms with Gasteiger partial charge in [0.2, 0.25) is 0 Å². The van der Waals surface area contributed by atoms with Gasteiger partial charge in [-0.25, -0.2) is 9.37 Å². The fraction of sp³-hybridized carbons (Fsp3) is 0.296. The van der Waals surface area contributed by atoms with E-state index in [0.29, 0.717) is 24.5 Å². The van der Waals surface area contributed by atoms with Crippen molar-refractivity contribution in [1.82, 2.24) is 9.97 Å². The molecule has 0 saturated carbocycles. The molecular formula is C27H27FN4O2. The smallest absolute Gasteiger partial charge is 0.257 e. The van der Waals surface area contributed by atoms with Gasteiger partial charge in [-0.2, -0.15) is 0 Å². The molecule has 3 heterocycles. The Balaban J connectivity index is 1.70. The number of benzene rings is 1. The van der Waals surface area contributed by atoms with E-state index in [9.17, 15) is 9.18 Å². The van der Waals surface area contributed by atoms with E-state index in [-0.39, 0.29) is 5.69 Å². The summed E-state index contributed by atoms with van der Waals surface area (Å²) in [5, 5.41) is 2.70. The minimum absolute atomic E-state index is 0.106. The van der Waals surface area contributed by atoms with Crippen LogP contribution in [0.25, 0.3) is 11.1 Å². The van der Waals surface area contributed by atoms with Gasteiger partial charge in [0.05, 0.1) is 30.2 Å². The SMILES string of the molecule is CC#Cc1ncc(-c2cc(NC(=O)c3cnc(C)c(C)c3)c(F)cc2C)cc1N1CCOCC1. The summed E-state index contributed by atoms with van der Waals surface area (Å²) in [4.78, 5) is 23.8. The van der Waals surface area contributed by atoms with Crippen LogP contribution in [0.3, 0.4) is 0 Å². The Hall–Kier alpha value is -3.76. The number of amides is 1. The summed E-state index contributed by atoms with van der Waals surface area (Å²) in [6, 6.07) is 6.86. The number of nitrogens with zero attached hydrogens (tertiary/aromatic N) is 3. The molecule has 1 N–H and O–H groups in total. The minimum Gasteiger partial charge on any atom is -0.378 e. The Morgan fingerprint density at radius 3 is 2.53 bits per heavy atom. The fourth-order valence-electron chi connectivity index (χ4n) is 3.90. The molecule has 0 unspecified atom stereocenters. The number of halogens is 1. The van der Waals surface area contributed by atoms with Crippen LogP contribution in [-0.2, 0) is 4.74 Å².